The summed E-state index contributed by atoms with van der Waals surface area (Å²) in [6, 6.07) is 23.7. The van der Waals surface area contributed by atoms with Crippen LogP contribution in [0.3, 0.4) is 0 Å². The van der Waals surface area contributed by atoms with Gasteiger partial charge in [0.15, 0.2) is 0 Å². The van der Waals surface area contributed by atoms with E-state index in [2.05, 4.69) is 12.1 Å². The zero-order valence-corrected chi connectivity index (χ0v) is 14.7. The number of rotatable bonds is 3. The quantitative estimate of drug-likeness (QED) is 0.545. The third-order valence-corrected chi connectivity index (χ3v) is 7.00. The van der Waals surface area contributed by atoms with E-state index in [0.717, 1.165) is 25.7 Å². The average Bonchev–Trinajstić information content (AvgIpc) is 2.53. The standard InChI is InChI=1S/C18H12Cl3P/c19-13-9-11-14(12-10-13)22(17-7-3-1-5-15(17)20)18-8-4-2-6-16(18)21/h1-12H. The van der Waals surface area contributed by atoms with E-state index in [4.69, 9.17) is 34.8 Å². The van der Waals surface area contributed by atoms with Crippen LogP contribution in [-0.4, -0.2) is 0 Å². The van der Waals surface area contributed by atoms with Crippen LogP contribution in [0.15, 0.2) is 72.8 Å². The van der Waals surface area contributed by atoms with Crippen LogP contribution in [0.25, 0.3) is 0 Å². The van der Waals surface area contributed by atoms with E-state index < -0.39 is 7.92 Å². The van der Waals surface area contributed by atoms with Gasteiger partial charge < -0.3 is 0 Å². The highest BCUT2D eigenvalue weighted by Crippen LogP contribution is 2.38. The Bertz CT molecular complexity index is 739. The first kappa shape index (κ1) is 15.8. The number of hydrogen-bond acceptors (Lipinski definition) is 0. The predicted octanol–water partition coefficient (Wildman–Crippen LogP) is 5.41. The molecule has 0 spiro atoms. The van der Waals surface area contributed by atoms with Gasteiger partial charge >= 0.3 is 0 Å². The molecule has 0 N–H and O–H groups in total. The van der Waals surface area contributed by atoms with Crippen molar-refractivity contribution < 1.29 is 0 Å². The topological polar surface area (TPSA) is 0 Å². The van der Waals surface area contributed by atoms with Crippen LogP contribution in [0.4, 0.5) is 0 Å². The zero-order valence-electron chi connectivity index (χ0n) is 11.5. The van der Waals surface area contributed by atoms with Crippen LogP contribution in [0.5, 0.6) is 0 Å². The third-order valence-electron chi connectivity index (χ3n) is 3.27. The fraction of sp³-hybridized carbons (Fsp3) is 0. The second kappa shape index (κ2) is 7.02. The van der Waals surface area contributed by atoms with E-state index in [0.29, 0.717) is 0 Å². The highest BCUT2D eigenvalue weighted by Gasteiger charge is 2.20. The number of halogens is 3. The molecule has 22 heavy (non-hydrogen) atoms. The maximum absolute atomic E-state index is 6.45. The van der Waals surface area contributed by atoms with E-state index in [-0.39, 0.29) is 0 Å². The maximum atomic E-state index is 6.45. The average molecular weight is 366 g/mol. The van der Waals surface area contributed by atoms with E-state index in [1.165, 1.54) is 5.30 Å². The minimum absolute atomic E-state index is 0.719. The Morgan fingerprint density at radius 3 is 1.45 bits per heavy atom. The first-order valence-electron chi connectivity index (χ1n) is 6.71. The van der Waals surface area contributed by atoms with Crippen molar-refractivity contribution in [1.29, 1.82) is 0 Å². The number of benzene rings is 3. The third kappa shape index (κ3) is 3.31. The molecule has 0 aliphatic rings. The molecule has 0 aromatic heterocycles. The Balaban J connectivity index is 2.21. The lowest BCUT2D eigenvalue weighted by molar-refractivity contribution is 1.73. The Morgan fingerprint density at radius 2 is 1.00 bits per heavy atom. The lowest BCUT2D eigenvalue weighted by atomic mass is 10.3. The Hall–Kier alpha value is -1.04. The summed E-state index contributed by atoms with van der Waals surface area (Å²) < 4.78 is 0. The summed E-state index contributed by atoms with van der Waals surface area (Å²) in [6.45, 7) is 0. The van der Waals surface area contributed by atoms with Crippen LogP contribution < -0.4 is 15.9 Å². The van der Waals surface area contributed by atoms with E-state index in [9.17, 15) is 0 Å². The molecule has 3 aromatic rings. The van der Waals surface area contributed by atoms with Gasteiger partial charge in [0, 0.05) is 25.7 Å². The predicted molar refractivity (Wildman–Crippen MR) is 100 cm³/mol. The van der Waals surface area contributed by atoms with E-state index in [1.54, 1.807) is 0 Å². The maximum Gasteiger partial charge on any atom is 0.0489 e. The van der Waals surface area contributed by atoms with E-state index in [1.807, 2.05) is 60.7 Å². The van der Waals surface area contributed by atoms with Gasteiger partial charge in [-0.05, 0) is 37.5 Å². The first-order chi connectivity index (χ1) is 10.7. The van der Waals surface area contributed by atoms with Crippen molar-refractivity contribution in [3.8, 4) is 0 Å². The molecule has 0 fully saturated rings. The van der Waals surface area contributed by atoms with Crippen molar-refractivity contribution in [2.75, 3.05) is 0 Å². The van der Waals surface area contributed by atoms with Gasteiger partial charge in [0.25, 0.3) is 0 Å². The van der Waals surface area contributed by atoms with Gasteiger partial charge in [-0.3, -0.25) is 0 Å². The molecular weight excluding hydrogens is 354 g/mol. The van der Waals surface area contributed by atoms with Crippen molar-refractivity contribution in [2.45, 2.75) is 0 Å². The van der Waals surface area contributed by atoms with Crippen molar-refractivity contribution in [2.24, 2.45) is 0 Å². The lowest BCUT2D eigenvalue weighted by Crippen LogP contribution is -2.22. The molecule has 0 heterocycles. The molecule has 0 bridgehead atoms. The molecule has 0 nitrogen and oxygen atoms in total. The summed E-state index contributed by atoms with van der Waals surface area (Å²) in [4.78, 5) is 0. The molecule has 0 atom stereocenters. The molecule has 110 valence electrons. The highest BCUT2D eigenvalue weighted by atomic mass is 35.5. The molecule has 0 radical (unpaired) electrons. The molecule has 4 heteroatoms. The fourth-order valence-electron chi connectivity index (χ4n) is 2.26. The first-order valence-corrected chi connectivity index (χ1v) is 9.19. The molecule has 0 unspecified atom stereocenters. The smallest absolute Gasteiger partial charge is 0.0489 e. The normalized spacial score (nSPS) is 10.9. The molecule has 0 saturated heterocycles. The summed E-state index contributed by atoms with van der Waals surface area (Å²) in [7, 11) is -0.823. The Kier molecular flexibility index (Phi) is 5.06. The number of hydrogen-bond donors (Lipinski definition) is 0. The Morgan fingerprint density at radius 1 is 0.545 bits per heavy atom. The summed E-state index contributed by atoms with van der Waals surface area (Å²) in [5, 5.41) is 5.58. The molecule has 0 saturated carbocycles. The second-order valence-corrected chi connectivity index (χ2v) is 8.12. The van der Waals surface area contributed by atoms with Crippen LogP contribution >= 0.6 is 42.7 Å². The lowest BCUT2D eigenvalue weighted by Gasteiger charge is -2.21. The van der Waals surface area contributed by atoms with Crippen molar-refractivity contribution in [3.05, 3.63) is 87.9 Å². The molecular formula is C18H12Cl3P. The van der Waals surface area contributed by atoms with Gasteiger partial charge in [-0.15, -0.1) is 0 Å². The summed E-state index contributed by atoms with van der Waals surface area (Å²) >= 11 is 18.9. The van der Waals surface area contributed by atoms with Crippen LogP contribution in [0.2, 0.25) is 15.1 Å². The molecule has 0 amide bonds. The Labute approximate surface area is 146 Å². The van der Waals surface area contributed by atoms with Crippen LogP contribution in [0, 0.1) is 0 Å². The minimum atomic E-state index is -0.823. The zero-order chi connectivity index (χ0) is 15.5. The summed E-state index contributed by atoms with van der Waals surface area (Å²) in [5.41, 5.74) is 0. The fourth-order valence-corrected chi connectivity index (χ4v) is 5.48. The minimum Gasteiger partial charge on any atom is -0.0843 e. The molecule has 3 rings (SSSR count). The largest absolute Gasteiger partial charge is 0.0843 e. The highest BCUT2D eigenvalue weighted by molar-refractivity contribution is 7.80. The summed E-state index contributed by atoms with van der Waals surface area (Å²) in [6.07, 6.45) is 0. The van der Waals surface area contributed by atoms with Crippen LogP contribution in [-0.2, 0) is 0 Å². The van der Waals surface area contributed by atoms with Crippen molar-refractivity contribution in [3.63, 3.8) is 0 Å². The van der Waals surface area contributed by atoms with Gasteiger partial charge in [-0.1, -0.05) is 83.3 Å². The van der Waals surface area contributed by atoms with E-state index >= 15 is 0 Å². The van der Waals surface area contributed by atoms with Crippen molar-refractivity contribution >= 4 is 58.6 Å². The monoisotopic (exact) mass is 364 g/mol. The van der Waals surface area contributed by atoms with Crippen LogP contribution in [0.1, 0.15) is 0 Å². The molecule has 0 aliphatic carbocycles. The second-order valence-electron chi connectivity index (χ2n) is 4.71. The van der Waals surface area contributed by atoms with Gasteiger partial charge in [-0.25, -0.2) is 0 Å². The summed E-state index contributed by atoms with van der Waals surface area (Å²) in [5.74, 6) is 0. The molecule has 0 aliphatic heterocycles. The van der Waals surface area contributed by atoms with Gasteiger partial charge in [0.1, 0.15) is 0 Å². The van der Waals surface area contributed by atoms with Crippen molar-refractivity contribution in [1.82, 2.24) is 0 Å². The molecule has 3 aromatic carbocycles. The van der Waals surface area contributed by atoms with Gasteiger partial charge in [0.2, 0.25) is 0 Å². The SMILES string of the molecule is Clc1ccc(P(c2ccccc2Cl)c2ccccc2Cl)cc1. The van der Waals surface area contributed by atoms with Gasteiger partial charge in [0.05, 0.1) is 0 Å². The van der Waals surface area contributed by atoms with Gasteiger partial charge in [-0.2, -0.15) is 0 Å².